The number of methoxy groups -OCH3 is 1. The van der Waals surface area contributed by atoms with Crippen LogP contribution in [0.15, 0.2) is 47.5 Å². The molecule has 21 heavy (non-hydrogen) atoms. The smallest absolute Gasteiger partial charge is 0.276 e. The van der Waals surface area contributed by atoms with Crippen molar-refractivity contribution in [3.8, 4) is 11.3 Å². The van der Waals surface area contributed by atoms with E-state index < -0.39 is 0 Å². The Bertz CT molecular complexity index is 821. The summed E-state index contributed by atoms with van der Waals surface area (Å²) in [5, 5.41) is 4.34. The number of hydrogen-bond acceptors (Lipinski definition) is 3. The summed E-state index contributed by atoms with van der Waals surface area (Å²) in [7, 11) is 1.59. The fraction of sp³-hybridized carbons (Fsp3) is 0.200. The molecule has 2 heterocycles. The normalized spacial score (nSPS) is 11.1. The Morgan fingerprint density at radius 2 is 2.00 bits per heavy atom. The van der Waals surface area contributed by atoms with Crippen LogP contribution in [-0.2, 0) is 11.3 Å². The molecule has 0 saturated heterocycles. The fourth-order valence-corrected chi connectivity index (χ4v) is 2.15. The van der Waals surface area contributed by atoms with Gasteiger partial charge in [0.2, 0.25) is 0 Å². The van der Waals surface area contributed by atoms with Gasteiger partial charge in [0, 0.05) is 31.6 Å². The third-order valence-electron chi connectivity index (χ3n) is 3.28. The monoisotopic (exact) mass is 287 g/mol. The Morgan fingerprint density at radius 3 is 2.71 bits per heavy atom. The van der Waals surface area contributed by atoms with Crippen molar-refractivity contribution in [2.75, 3.05) is 13.7 Å². The highest BCUT2D eigenvalue weighted by molar-refractivity contribution is 5.65. The van der Waals surface area contributed by atoms with Gasteiger partial charge in [0.15, 0.2) is 0 Å². The second-order valence-electron chi connectivity index (χ2n) is 4.66. The molecule has 3 rings (SSSR count). The molecule has 0 saturated carbocycles. The molecule has 6 heteroatoms. The van der Waals surface area contributed by atoms with Gasteiger partial charge in [-0.1, -0.05) is 0 Å². The molecule has 0 aliphatic carbocycles. The third kappa shape index (κ3) is 2.57. The summed E-state index contributed by atoms with van der Waals surface area (Å²) in [5.41, 5.74) is 1.75. The average Bonchev–Trinajstić information content (AvgIpc) is 2.92. The Balaban J connectivity index is 2.05. The van der Waals surface area contributed by atoms with Crippen molar-refractivity contribution in [2.45, 2.75) is 6.54 Å². The van der Waals surface area contributed by atoms with Crippen molar-refractivity contribution < 1.29 is 9.13 Å². The zero-order chi connectivity index (χ0) is 14.8. The maximum atomic E-state index is 13.0. The SMILES string of the molecule is COCCn1ccn2nc(-c3ccc(F)cc3)cc2c1=O. The van der Waals surface area contributed by atoms with E-state index in [1.807, 2.05) is 0 Å². The molecule has 0 N–H and O–H groups in total. The number of benzene rings is 1. The molecule has 0 fully saturated rings. The van der Waals surface area contributed by atoms with Crippen molar-refractivity contribution in [3.05, 3.63) is 58.9 Å². The van der Waals surface area contributed by atoms with Gasteiger partial charge >= 0.3 is 0 Å². The number of nitrogens with zero attached hydrogens (tertiary/aromatic N) is 3. The Morgan fingerprint density at radius 1 is 1.24 bits per heavy atom. The molecule has 0 radical (unpaired) electrons. The van der Waals surface area contributed by atoms with E-state index in [9.17, 15) is 9.18 Å². The first-order chi connectivity index (χ1) is 10.2. The average molecular weight is 287 g/mol. The van der Waals surface area contributed by atoms with Gasteiger partial charge in [-0.05, 0) is 30.3 Å². The molecule has 0 aliphatic rings. The number of rotatable bonds is 4. The molecular formula is C15H14FN3O2. The highest BCUT2D eigenvalue weighted by atomic mass is 19.1. The molecule has 1 aromatic carbocycles. The van der Waals surface area contributed by atoms with Crippen LogP contribution in [0.25, 0.3) is 16.8 Å². The van der Waals surface area contributed by atoms with E-state index in [2.05, 4.69) is 5.10 Å². The molecular weight excluding hydrogens is 273 g/mol. The van der Waals surface area contributed by atoms with Crippen LogP contribution in [0.3, 0.4) is 0 Å². The van der Waals surface area contributed by atoms with Gasteiger partial charge in [-0.15, -0.1) is 0 Å². The van der Waals surface area contributed by atoms with Gasteiger partial charge in [0.1, 0.15) is 11.3 Å². The zero-order valence-electron chi connectivity index (χ0n) is 11.5. The van der Waals surface area contributed by atoms with Gasteiger partial charge in [0.05, 0.1) is 12.3 Å². The maximum Gasteiger partial charge on any atom is 0.276 e. The molecule has 0 amide bonds. The van der Waals surface area contributed by atoms with Crippen LogP contribution in [0.5, 0.6) is 0 Å². The first-order valence-electron chi connectivity index (χ1n) is 6.53. The van der Waals surface area contributed by atoms with Gasteiger partial charge < -0.3 is 9.30 Å². The second kappa shape index (κ2) is 5.49. The molecule has 0 atom stereocenters. The summed E-state index contributed by atoms with van der Waals surface area (Å²) in [6.07, 6.45) is 3.40. The van der Waals surface area contributed by atoms with Crippen molar-refractivity contribution in [2.24, 2.45) is 0 Å². The van der Waals surface area contributed by atoms with Crippen LogP contribution in [0.2, 0.25) is 0 Å². The molecule has 0 spiro atoms. The standard InChI is InChI=1S/C15H14FN3O2/c1-21-9-8-18-6-7-19-14(15(18)20)10-13(17-19)11-2-4-12(16)5-3-11/h2-7,10H,8-9H2,1H3. The lowest BCUT2D eigenvalue weighted by Crippen LogP contribution is -2.23. The van der Waals surface area contributed by atoms with Crippen molar-refractivity contribution >= 4 is 5.52 Å². The molecule has 5 nitrogen and oxygen atoms in total. The first-order valence-corrected chi connectivity index (χ1v) is 6.53. The lowest BCUT2D eigenvalue weighted by molar-refractivity contribution is 0.186. The van der Waals surface area contributed by atoms with Crippen molar-refractivity contribution in [1.29, 1.82) is 0 Å². The molecule has 2 aromatic heterocycles. The molecule has 108 valence electrons. The van der Waals surface area contributed by atoms with E-state index >= 15 is 0 Å². The predicted molar refractivity (Wildman–Crippen MR) is 76.7 cm³/mol. The van der Waals surface area contributed by atoms with E-state index in [1.54, 1.807) is 42.3 Å². The minimum Gasteiger partial charge on any atom is -0.383 e. The molecule has 0 aliphatic heterocycles. The van der Waals surface area contributed by atoms with E-state index in [0.29, 0.717) is 24.4 Å². The summed E-state index contributed by atoms with van der Waals surface area (Å²) in [4.78, 5) is 12.3. The largest absolute Gasteiger partial charge is 0.383 e. The van der Waals surface area contributed by atoms with Gasteiger partial charge in [-0.25, -0.2) is 8.91 Å². The van der Waals surface area contributed by atoms with E-state index in [0.717, 1.165) is 5.56 Å². The van der Waals surface area contributed by atoms with Crippen LogP contribution in [0.1, 0.15) is 0 Å². The summed E-state index contributed by atoms with van der Waals surface area (Å²) in [6, 6.07) is 7.73. The van der Waals surface area contributed by atoms with Crippen LogP contribution in [0.4, 0.5) is 4.39 Å². The fourth-order valence-electron chi connectivity index (χ4n) is 2.15. The summed E-state index contributed by atoms with van der Waals surface area (Å²) in [6.45, 7) is 0.956. The van der Waals surface area contributed by atoms with Gasteiger partial charge in [-0.2, -0.15) is 5.10 Å². The van der Waals surface area contributed by atoms with Crippen LogP contribution >= 0.6 is 0 Å². The van der Waals surface area contributed by atoms with Gasteiger partial charge in [-0.3, -0.25) is 4.79 Å². The van der Waals surface area contributed by atoms with Crippen LogP contribution in [0, 0.1) is 5.82 Å². The number of halogens is 1. The van der Waals surface area contributed by atoms with Crippen molar-refractivity contribution in [1.82, 2.24) is 14.2 Å². The highest BCUT2D eigenvalue weighted by Gasteiger charge is 2.09. The Hall–Kier alpha value is -2.47. The highest BCUT2D eigenvalue weighted by Crippen LogP contribution is 2.18. The first kappa shape index (κ1) is 13.5. The summed E-state index contributed by atoms with van der Waals surface area (Å²) < 4.78 is 21.0. The van der Waals surface area contributed by atoms with Crippen LogP contribution in [-0.4, -0.2) is 27.9 Å². The molecule has 0 bridgehead atoms. The predicted octanol–water partition coefficient (Wildman–Crippen LogP) is 1.95. The zero-order valence-corrected chi connectivity index (χ0v) is 11.5. The third-order valence-corrected chi connectivity index (χ3v) is 3.28. The molecule has 0 unspecified atom stereocenters. The second-order valence-corrected chi connectivity index (χ2v) is 4.66. The quantitative estimate of drug-likeness (QED) is 0.737. The summed E-state index contributed by atoms with van der Waals surface area (Å²) >= 11 is 0. The Labute approximate surface area is 120 Å². The lowest BCUT2D eigenvalue weighted by atomic mass is 10.1. The maximum absolute atomic E-state index is 13.0. The van der Waals surface area contributed by atoms with Crippen LogP contribution < -0.4 is 5.56 Å². The number of fused-ring (bicyclic) bond motifs is 1. The number of ether oxygens (including phenoxy) is 1. The van der Waals surface area contributed by atoms with E-state index in [1.165, 1.54) is 16.6 Å². The van der Waals surface area contributed by atoms with Crippen molar-refractivity contribution in [3.63, 3.8) is 0 Å². The lowest BCUT2D eigenvalue weighted by Gasteiger charge is -2.04. The topological polar surface area (TPSA) is 48.5 Å². The summed E-state index contributed by atoms with van der Waals surface area (Å²) in [5.74, 6) is -0.301. The van der Waals surface area contributed by atoms with E-state index in [4.69, 9.17) is 4.74 Å². The molecule has 3 aromatic rings. The van der Waals surface area contributed by atoms with Gasteiger partial charge in [0.25, 0.3) is 5.56 Å². The number of hydrogen-bond donors (Lipinski definition) is 0. The Kier molecular flexibility index (Phi) is 3.53. The minimum absolute atomic E-state index is 0.129. The van der Waals surface area contributed by atoms with E-state index in [-0.39, 0.29) is 11.4 Å². The number of aromatic nitrogens is 3. The minimum atomic E-state index is -0.301.